The van der Waals surface area contributed by atoms with Gasteiger partial charge in [-0.15, -0.1) is 11.3 Å². The summed E-state index contributed by atoms with van der Waals surface area (Å²) in [5.74, 6) is 0. The molecule has 0 amide bonds. The van der Waals surface area contributed by atoms with Crippen LogP contribution in [0.2, 0.25) is 0 Å². The van der Waals surface area contributed by atoms with Gasteiger partial charge in [0.1, 0.15) is 5.60 Å². The summed E-state index contributed by atoms with van der Waals surface area (Å²) in [6, 6.07) is 13.6. The largest absolute Gasteiger partial charge is 0.380 e. The van der Waals surface area contributed by atoms with Gasteiger partial charge in [-0.05, 0) is 23.9 Å². The Labute approximate surface area is 87.7 Å². The van der Waals surface area contributed by atoms with Crippen molar-refractivity contribution in [3.63, 3.8) is 0 Å². The predicted molar refractivity (Wildman–Crippen MR) is 59.4 cm³/mol. The van der Waals surface area contributed by atoms with Gasteiger partial charge in [-0.2, -0.15) is 0 Å². The third-order valence-electron chi connectivity index (χ3n) is 2.34. The molecule has 1 nitrogen and oxygen atoms in total. The number of hydrogen-bond donors (Lipinski definition) is 1. The highest BCUT2D eigenvalue weighted by atomic mass is 32.1. The maximum absolute atomic E-state index is 10.4. The van der Waals surface area contributed by atoms with Crippen molar-refractivity contribution >= 4 is 11.3 Å². The third-order valence-corrected chi connectivity index (χ3v) is 3.42. The van der Waals surface area contributed by atoms with E-state index in [2.05, 4.69) is 0 Å². The zero-order valence-electron chi connectivity index (χ0n) is 7.97. The summed E-state index contributed by atoms with van der Waals surface area (Å²) in [6.07, 6.45) is 0. The fraction of sp³-hybridized carbons (Fsp3) is 0.167. The molecule has 1 N–H and O–H groups in total. The second-order valence-electron chi connectivity index (χ2n) is 3.42. The molecule has 1 heterocycles. The molecule has 1 aromatic carbocycles. The van der Waals surface area contributed by atoms with Crippen molar-refractivity contribution in [3.8, 4) is 0 Å². The summed E-state index contributed by atoms with van der Waals surface area (Å²) in [5.41, 5.74) is 0.0672. The molecule has 1 unspecified atom stereocenters. The maximum atomic E-state index is 10.4. The van der Waals surface area contributed by atoms with Gasteiger partial charge >= 0.3 is 0 Å². The molecule has 14 heavy (non-hydrogen) atoms. The molecule has 1 aromatic heterocycles. The minimum absolute atomic E-state index is 0.866. The van der Waals surface area contributed by atoms with Crippen molar-refractivity contribution < 1.29 is 5.11 Å². The van der Waals surface area contributed by atoms with Gasteiger partial charge in [0, 0.05) is 4.88 Å². The Morgan fingerprint density at radius 2 is 1.79 bits per heavy atom. The molecule has 0 spiro atoms. The van der Waals surface area contributed by atoms with Crippen molar-refractivity contribution in [2.75, 3.05) is 0 Å². The fourth-order valence-corrected chi connectivity index (χ4v) is 2.27. The summed E-state index contributed by atoms with van der Waals surface area (Å²) >= 11 is 1.57. The minimum Gasteiger partial charge on any atom is -0.380 e. The SMILES string of the molecule is CC(O)(c1ccccc1)c1cccs1. The second-order valence-corrected chi connectivity index (χ2v) is 4.36. The van der Waals surface area contributed by atoms with Crippen molar-refractivity contribution in [1.29, 1.82) is 0 Å². The summed E-state index contributed by atoms with van der Waals surface area (Å²) in [7, 11) is 0. The molecule has 2 rings (SSSR count). The van der Waals surface area contributed by atoms with Crippen LogP contribution in [0.4, 0.5) is 0 Å². The average molecular weight is 204 g/mol. The first-order chi connectivity index (χ1) is 6.71. The standard InChI is InChI=1S/C12H12OS/c1-12(13,11-8-5-9-14-11)10-6-3-2-4-7-10/h2-9,13H,1H3. The highest BCUT2D eigenvalue weighted by Gasteiger charge is 2.25. The lowest BCUT2D eigenvalue weighted by molar-refractivity contribution is 0.106. The van der Waals surface area contributed by atoms with Crippen molar-refractivity contribution in [2.45, 2.75) is 12.5 Å². The predicted octanol–water partition coefficient (Wildman–Crippen LogP) is 3.00. The van der Waals surface area contributed by atoms with Crippen LogP contribution >= 0.6 is 11.3 Å². The molecule has 0 aliphatic heterocycles. The third kappa shape index (κ3) is 1.59. The lowest BCUT2D eigenvalue weighted by Crippen LogP contribution is -2.20. The smallest absolute Gasteiger partial charge is 0.121 e. The Balaban J connectivity index is 2.43. The first-order valence-corrected chi connectivity index (χ1v) is 5.41. The van der Waals surface area contributed by atoms with Crippen LogP contribution in [0.5, 0.6) is 0 Å². The monoisotopic (exact) mass is 204 g/mol. The van der Waals surface area contributed by atoms with E-state index in [1.807, 2.05) is 54.8 Å². The van der Waals surface area contributed by atoms with Gasteiger partial charge in [-0.1, -0.05) is 36.4 Å². The molecule has 0 saturated carbocycles. The molecule has 0 aliphatic rings. The van der Waals surface area contributed by atoms with E-state index >= 15 is 0 Å². The fourth-order valence-electron chi connectivity index (χ4n) is 1.46. The van der Waals surface area contributed by atoms with E-state index in [9.17, 15) is 5.11 Å². The van der Waals surface area contributed by atoms with Crippen LogP contribution in [0.1, 0.15) is 17.4 Å². The second kappa shape index (κ2) is 3.56. The van der Waals surface area contributed by atoms with E-state index in [1.54, 1.807) is 11.3 Å². The molecule has 2 aromatic rings. The van der Waals surface area contributed by atoms with Crippen molar-refractivity contribution in [3.05, 3.63) is 58.3 Å². The van der Waals surface area contributed by atoms with Gasteiger partial charge in [0.15, 0.2) is 0 Å². The number of benzene rings is 1. The highest BCUT2D eigenvalue weighted by molar-refractivity contribution is 7.10. The van der Waals surface area contributed by atoms with Crippen LogP contribution in [-0.4, -0.2) is 5.11 Å². The van der Waals surface area contributed by atoms with Crippen LogP contribution in [0.25, 0.3) is 0 Å². The topological polar surface area (TPSA) is 20.2 Å². The van der Waals surface area contributed by atoms with Crippen LogP contribution < -0.4 is 0 Å². The normalized spacial score (nSPS) is 15.0. The first-order valence-electron chi connectivity index (χ1n) is 4.53. The summed E-state index contributed by atoms with van der Waals surface area (Å²) < 4.78 is 0. The molecule has 0 fully saturated rings. The van der Waals surface area contributed by atoms with E-state index < -0.39 is 5.60 Å². The Hall–Kier alpha value is -1.12. The molecular weight excluding hydrogens is 192 g/mol. The lowest BCUT2D eigenvalue weighted by Gasteiger charge is -2.22. The Morgan fingerprint density at radius 3 is 2.36 bits per heavy atom. The summed E-state index contributed by atoms with van der Waals surface area (Å²) in [6.45, 7) is 1.83. The highest BCUT2D eigenvalue weighted by Crippen LogP contribution is 2.31. The summed E-state index contributed by atoms with van der Waals surface area (Å²) in [5, 5.41) is 12.3. The van der Waals surface area contributed by atoms with Crippen LogP contribution in [0, 0.1) is 0 Å². The average Bonchev–Trinajstić information content (AvgIpc) is 2.72. The number of thiophene rings is 1. The Morgan fingerprint density at radius 1 is 1.07 bits per heavy atom. The van der Waals surface area contributed by atoms with E-state index in [4.69, 9.17) is 0 Å². The Kier molecular flexibility index (Phi) is 2.40. The zero-order chi connectivity index (χ0) is 10.0. The molecule has 0 bridgehead atoms. The number of hydrogen-bond acceptors (Lipinski definition) is 2. The van der Waals surface area contributed by atoms with Crippen molar-refractivity contribution in [1.82, 2.24) is 0 Å². The van der Waals surface area contributed by atoms with Gasteiger partial charge in [0.2, 0.25) is 0 Å². The van der Waals surface area contributed by atoms with Gasteiger partial charge in [-0.3, -0.25) is 0 Å². The molecule has 0 radical (unpaired) electrons. The van der Waals surface area contributed by atoms with E-state index in [-0.39, 0.29) is 0 Å². The maximum Gasteiger partial charge on any atom is 0.121 e. The van der Waals surface area contributed by atoms with Crippen LogP contribution in [0.15, 0.2) is 47.8 Å². The molecular formula is C12H12OS. The van der Waals surface area contributed by atoms with Crippen LogP contribution in [-0.2, 0) is 5.60 Å². The van der Waals surface area contributed by atoms with Crippen molar-refractivity contribution in [2.24, 2.45) is 0 Å². The number of rotatable bonds is 2. The zero-order valence-corrected chi connectivity index (χ0v) is 8.79. The molecule has 0 saturated heterocycles. The molecule has 1 atom stereocenters. The van der Waals surface area contributed by atoms with Gasteiger partial charge in [-0.25, -0.2) is 0 Å². The van der Waals surface area contributed by atoms with Crippen LogP contribution in [0.3, 0.4) is 0 Å². The van der Waals surface area contributed by atoms with Gasteiger partial charge in [0.25, 0.3) is 0 Å². The molecule has 2 heteroatoms. The van der Waals surface area contributed by atoms with E-state index in [0.717, 1.165) is 10.4 Å². The van der Waals surface area contributed by atoms with Gasteiger partial charge in [0.05, 0.1) is 0 Å². The van der Waals surface area contributed by atoms with E-state index in [1.165, 1.54) is 0 Å². The molecule has 72 valence electrons. The lowest BCUT2D eigenvalue weighted by atomic mass is 9.95. The van der Waals surface area contributed by atoms with E-state index in [0.29, 0.717) is 0 Å². The minimum atomic E-state index is -0.866. The summed E-state index contributed by atoms with van der Waals surface area (Å²) in [4.78, 5) is 0.976. The number of aliphatic hydroxyl groups is 1. The molecule has 0 aliphatic carbocycles. The van der Waals surface area contributed by atoms with Gasteiger partial charge < -0.3 is 5.11 Å². The first kappa shape index (κ1) is 9.44. The Bertz CT molecular complexity index is 390. The quantitative estimate of drug-likeness (QED) is 0.797.